The van der Waals surface area contributed by atoms with Crippen molar-refractivity contribution < 1.29 is 22.6 Å². The van der Waals surface area contributed by atoms with E-state index in [1.165, 1.54) is 9.80 Å². The number of hydrogen-bond donors (Lipinski definition) is 1. The van der Waals surface area contributed by atoms with Gasteiger partial charge in [-0.25, -0.2) is 0 Å². The van der Waals surface area contributed by atoms with Gasteiger partial charge in [-0.2, -0.15) is 8.42 Å². The Morgan fingerprint density at radius 1 is 0.913 bits per heavy atom. The van der Waals surface area contributed by atoms with Gasteiger partial charge in [-0.1, -0.05) is 25.7 Å². The fraction of sp³-hybridized carbons (Fsp3) is 0.857. The van der Waals surface area contributed by atoms with Crippen molar-refractivity contribution in [3.63, 3.8) is 0 Å². The van der Waals surface area contributed by atoms with Gasteiger partial charge in [0.15, 0.2) is 0 Å². The minimum absolute atomic E-state index is 0.173. The Labute approximate surface area is 142 Å². The van der Waals surface area contributed by atoms with E-state index in [-0.39, 0.29) is 11.8 Å². The maximum atomic E-state index is 12.1. The van der Waals surface area contributed by atoms with Crippen molar-refractivity contribution in [2.75, 3.05) is 33.9 Å². The van der Waals surface area contributed by atoms with Crippen LogP contribution < -0.4 is 0 Å². The molecule has 0 aliphatic heterocycles. The van der Waals surface area contributed by atoms with Crippen LogP contribution in [0.1, 0.15) is 38.5 Å². The lowest BCUT2D eigenvalue weighted by atomic mass is 9.98. The van der Waals surface area contributed by atoms with Crippen molar-refractivity contribution in [3.05, 3.63) is 0 Å². The van der Waals surface area contributed by atoms with Gasteiger partial charge in [0.2, 0.25) is 11.8 Å². The first-order valence-electron chi connectivity index (χ1n) is 7.60. The zero-order chi connectivity index (χ0) is 18.0. The molecule has 0 radical (unpaired) electrons. The molecule has 136 valence electrons. The topological polar surface area (TPSA) is 95.0 Å². The minimum atomic E-state index is -3.94. The molecule has 0 atom stereocenters. The largest absolute Gasteiger partial charge is 0.348 e. The lowest BCUT2D eigenvalue weighted by Crippen LogP contribution is -2.40. The molecular weight excluding hydrogens is 340 g/mol. The summed E-state index contributed by atoms with van der Waals surface area (Å²) < 4.78 is 29.6. The van der Waals surface area contributed by atoms with Crippen LogP contribution in [0.15, 0.2) is 0 Å². The van der Waals surface area contributed by atoms with Crippen LogP contribution in [-0.4, -0.2) is 68.5 Å². The summed E-state index contributed by atoms with van der Waals surface area (Å²) >= 11 is 0. The lowest BCUT2D eigenvalue weighted by Gasteiger charge is -2.22. The van der Waals surface area contributed by atoms with Crippen LogP contribution >= 0.6 is 10.8 Å². The number of nitrogens with zero attached hydrogens (tertiary/aromatic N) is 2. The van der Waals surface area contributed by atoms with E-state index < -0.39 is 15.1 Å². The third kappa shape index (κ3) is 10.6. The maximum Gasteiger partial charge on any atom is 0.319 e. The van der Waals surface area contributed by atoms with E-state index in [9.17, 15) is 18.0 Å². The molecule has 0 aromatic carbocycles. The molecular formula is C14H28N2O5S2. The SMILES string of the molecule is CN(C)C(=O)C(CCCCCCCSS(=O)(=O)O)C(=O)N(C)C. The zero-order valence-corrected chi connectivity index (χ0v) is 16.0. The van der Waals surface area contributed by atoms with Crippen molar-refractivity contribution in [3.8, 4) is 0 Å². The lowest BCUT2D eigenvalue weighted by molar-refractivity contribution is -0.144. The number of rotatable bonds is 11. The molecule has 0 fully saturated rings. The summed E-state index contributed by atoms with van der Waals surface area (Å²) in [4.78, 5) is 27.1. The molecule has 2 amide bonds. The summed E-state index contributed by atoms with van der Waals surface area (Å²) in [6.45, 7) is 0. The third-order valence-electron chi connectivity index (χ3n) is 3.35. The van der Waals surface area contributed by atoms with Gasteiger partial charge in [0.25, 0.3) is 0 Å². The van der Waals surface area contributed by atoms with E-state index >= 15 is 0 Å². The zero-order valence-electron chi connectivity index (χ0n) is 14.3. The van der Waals surface area contributed by atoms with E-state index in [0.29, 0.717) is 29.4 Å². The second-order valence-corrected chi connectivity index (χ2v) is 9.29. The van der Waals surface area contributed by atoms with Crippen molar-refractivity contribution in [2.45, 2.75) is 38.5 Å². The molecule has 0 unspecified atom stereocenters. The highest BCUT2D eigenvalue weighted by Crippen LogP contribution is 2.17. The molecule has 0 aliphatic rings. The van der Waals surface area contributed by atoms with Gasteiger partial charge in [-0.15, -0.1) is 0 Å². The summed E-state index contributed by atoms with van der Waals surface area (Å²) in [7, 11) is 3.18. The molecule has 0 rings (SSSR count). The summed E-state index contributed by atoms with van der Waals surface area (Å²) in [5.41, 5.74) is 0. The van der Waals surface area contributed by atoms with E-state index in [0.717, 1.165) is 25.7 Å². The Bertz CT molecular complexity index is 458. The molecule has 0 saturated heterocycles. The van der Waals surface area contributed by atoms with Gasteiger partial charge in [0.05, 0.1) is 0 Å². The number of carbonyl (C=O) groups excluding carboxylic acids is 2. The maximum absolute atomic E-state index is 12.1. The Hall–Kier alpha value is -0.800. The van der Waals surface area contributed by atoms with E-state index in [1.807, 2.05) is 0 Å². The Kier molecular flexibility index (Phi) is 10.5. The highest BCUT2D eigenvalue weighted by molar-refractivity contribution is 8.69. The van der Waals surface area contributed by atoms with E-state index in [2.05, 4.69) is 0 Å². The summed E-state index contributed by atoms with van der Waals surface area (Å²) in [6, 6.07) is 0. The molecule has 9 heteroatoms. The Morgan fingerprint density at radius 2 is 1.35 bits per heavy atom. The van der Waals surface area contributed by atoms with Gasteiger partial charge >= 0.3 is 9.15 Å². The van der Waals surface area contributed by atoms with Crippen molar-refractivity contribution >= 4 is 31.8 Å². The van der Waals surface area contributed by atoms with Crippen LogP contribution in [-0.2, 0) is 18.7 Å². The average Bonchev–Trinajstić information content (AvgIpc) is 2.43. The summed E-state index contributed by atoms with van der Waals surface area (Å²) in [6.07, 6.45) is 4.65. The van der Waals surface area contributed by atoms with Crippen LogP contribution in [0.3, 0.4) is 0 Å². The highest BCUT2D eigenvalue weighted by Gasteiger charge is 2.28. The Balaban J connectivity index is 4.05. The minimum Gasteiger partial charge on any atom is -0.348 e. The monoisotopic (exact) mass is 368 g/mol. The van der Waals surface area contributed by atoms with Gasteiger partial charge in [0, 0.05) is 33.9 Å². The number of unbranched alkanes of at least 4 members (excludes halogenated alkanes) is 4. The van der Waals surface area contributed by atoms with Crippen molar-refractivity contribution in [1.29, 1.82) is 0 Å². The summed E-state index contributed by atoms with van der Waals surface area (Å²) in [5.74, 6) is -0.601. The molecule has 0 saturated carbocycles. The first kappa shape index (κ1) is 22.2. The van der Waals surface area contributed by atoms with Gasteiger partial charge in [-0.05, 0) is 23.6 Å². The molecule has 0 spiro atoms. The molecule has 23 heavy (non-hydrogen) atoms. The molecule has 0 heterocycles. The number of hydrogen-bond acceptors (Lipinski definition) is 5. The Morgan fingerprint density at radius 3 is 1.78 bits per heavy atom. The quantitative estimate of drug-likeness (QED) is 0.258. The smallest absolute Gasteiger partial charge is 0.319 e. The van der Waals surface area contributed by atoms with Crippen LogP contribution in [0, 0.1) is 5.92 Å². The number of carbonyl (C=O) groups is 2. The fourth-order valence-corrected chi connectivity index (χ4v) is 3.64. The molecule has 7 nitrogen and oxygen atoms in total. The van der Waals surface area contributed by atoms with Crippen LogP contribution in [0.2, 0.25) is 0 Å². The number of amides is 2. The van der Waals surface area contributed by atoms with E-state index in [1.54, 1.807) is 28.2 Å². The van der Waals surface area contributed by atoms with Crippen LogP contribution in [0.25, 0.3) is 0 Å². The molecule has 0 aromatic heterocycles. The molecule has 0 bridgehead atoms. The second kappa shape index (κ2) is 10.9. The van der Waals surface area contributed by atoms with E-state index in [4.69, 9.17) is 4.55 Å². The molecule has 1 N–H and O–H groups in total. The average molecular weight is 369 g/mol. The van der Waals surface area contributed by atoms with Gasteiger partial charge in [-0.3, -0.25) is 14.1 Å². The standard InChI is InChI=1S/C14H28N2O5S2/c1-15(2)13(17)12(14(18)16(3)4)10-8-6-5-7-9-11-22-23(19,20)21/h12H,5-11H2,1-4H3,(H,19,20,21). The van der Waals surface area contributed by atoms with Crippen molar-refractivity contribution in [1.82, 2.24) is 9.80 Å². The molecule has 0 aliphatic carbocycles. The first-order chi connectivity index (χ1) is 10.6. The van der Waals surface area contributed by atoms with Crippen LogP contribution in [0.5, 0.6) is 0 Å². The second-order valence-electron chi connectivity index (χ2n) is 5.82. The van der Waals surface area contributed by atoms with Crippen molar-refractivity contribution in [2.24, 2.45) is 5.92 Å². The highest BCUT2D eigenvalue weighted by atomic mass is 33.1. The van der Waals surface area contributed by atoms with Gasteiger partial charge in [0.1, 0.15) is 5.92 Å². The summed E-state index contributed by atoms with van der Waals surface area (Å²) in [5, 5.41) is 0. The van der Waals surface area contributed by atoms with Crippen LogP contribution in [0.4, 0.5) is 0 Å². The fourth-order valence-electron chi connectivity index (χ4n) is 2.12. The predicted molar refractivity (Wildman–Crippen MR) is 92.6 cm³/mol. The normalized spacial score (nSPS) is 11.6. The first-order valence-corrected chi connectivity index (χ1v) is 10.5. The third-order valence-corrected chi connectivity index (χ3v) is 5.49. The molecule has 0 aromatic rings. The van der Waals surface area contributed by atoms with Gasteiger partial charge < -0.3 is 9.80 Å². The predicted octanol–water partition coefficient (Wildman–Crippen LogP) is 1.66.